The summed E-state index contributed by atoms with van der Waals surface area (Å²) < 4.78 is 1.85. The van der Waals surface area contributed by atoms with E-state index in [1.807, 2.05) is 40.8 Å². The van der Waals surface area contributed by atoms with Gasteiger partial charge in [0.15, 0.2) is 0 Å². The molecular weight excluding hydrogens is 238 g/mol. The number of aromatic nitrogens is 4. The molecule has 0 fully saturated rings. The standard InChI is InChI=1S/C14H15N5/c1-10(2)16-13-8-12(11-6-4-3-5-7-11)17-14-18-15-9-19(13)14/h3-10,16H,1-2H3. The zero-order valence-corrected chi connectivity index (χ0v) is 10.9. The number of fused-ring (bicyclic) bond motifs is 1. The van der Waals surface area contributed by atoms with E-state index < -0.39 is 0 Å². The van der Waals surface area contributed by atoms with Crippen LogP contribution in [0, 0.1) is 0 Å². The quantitative estimate of drug-likeness (QED) is 0.779. The van der Waals surface area contributed by atoms with Gasteiger partial charge in [-0.25, -0.2) is 4.98 Å². The maximum Gasteiger partial charge on any atom is 0.256 e. The lowest BCUT2D eigenvalue weighted by Crippen LogP contribution is -2.13. The Labute approximate surface area is 111 Å². The van der Waals surface area contributed by atoms with Gasteiger partial charge in [-0.05, 0) is 13.8 Å². The molecule has 0 radical (unpaired) electrons. The second-order valence-corrected chi connectivity index (χ2v) is 4.69. The van der Waals surface area contributed by atoms with Crippen LogP contribution in [0.1, 0.15) is 13.8 Å². The van der Waals surface area contributed by atoms with Gasteiger partial charge >= 0.3 is 0 Å². The minimum absolute atomic E-state index is 0.330. The molecule has 0 aliphatic heterocycles. The fourth-order valence-electron chi connectivity index (χ4n) is 1.98. The molecule has 5 heteroatoms. The Morgan fingerprint density at radius 1 is 1.16 bits per heavy atom. The molecule has 3 rings (SSSR count). The maximum atomic E-state index is 4.52. The summed E-state index contributed by atoms with van der Waals surface area (Å²) >= 11 is 0. The van der Waals surface area contributed by atoms with Crippen LogP contribution < -0.4 is 5.32 Å². The van der Waals surface area contributed by atoms with E-state index in [4.69, 9.17) is 0 Å². The van der Waals surface area contributed by atoms with Crippen molar-refractivity contribution in [2.45, 2.75) is 19.9 Å². The molecule has 3 aromatic rings. The molecule has 0 spiro atoms. The second kappa shape index (κ2) is 4.68. The van der Waals surface area contributed by atoms with Crippen molar-refractivity contribution in [2.75, 3.05) is 5.32 Å². The van der Waals surface area contributed by atoms with Gasteiger partial charge in [0.2, 0.25) is 0 Å². The number of nitrogens with zero attached hydrogens (tertiary/aromatic N) is 4. The van der Waals surface area contributed by atoms with Crippen molar-refractivity contribution in [2.24, 2.45) is 0 Å². The highest BCUT2D eigenvalue weighted by Crippen LogP contribution is 2.21. The summed E-state index contributed by atoms with van der Waals surface area (Å²) in [4.78, 5) is 4.52. The third kappa shape index (κ3) is 2.27. The predicted molar refractivity (Wildman–Crippen MR) is 75.0 cm³/mol. The molecule has 0 bridgehead atoms. The second-order valence-electron chi connectivity index (χ2n) is 4.69. The molecule has 5 nitrogen and oxygen atoms in total. The molecule has 0 unspecified atom stereocenters. The number of hydrogen-bond donors (Lipinski definition) is 1. The van der Waals surface area contributed by atoms with E-state index in [2.05, 4.69) is 34.3 Å². The topological polar surface area (TPSA) is 55.1 Å². The third-order valence-electron chi connectivity index (χ3n) is 2.79. The van der Waals surface area contributed by atoms with E-state index in [-0.39, 0.29) is 0 Å². The van der Waals surface area contributed by atoms with Gasteiger partial charge in [0, 0.05) is 17.7 Å². The van der Waals surface area contributed by atoms with Gasteiger partial charge in [-0.15, -0.1) is 10.2 Å². The molecule has 96 valence electrons. The van der Waals surface area contributed by atoms with E-state index in [9.17, 15) is 0 Å². The van der Waals surface area contributed by atoms with Crippen molar-refractivity contribution >= 4 is 11.6 Å². The van der Waals surface area contributed by atoms with Gasteiger partial charge in [-0.3, -0.25) is 4.40 Å². The molecule has 0 aliphatic carbocycles. The first-order valence-electron chi connectivity index (χ1n) is 6.27. The molecule has 0 amide bonds. The van der Waals surface area contributed by atoms with Gasteiger partial charge in [0.1, 0.15) is 12.1 Å². The van der Waals surface area contributed by atoms with E-state index >= 15 is 0 Å². The monoisotopic (exact) mass is 253 g/mol. The number of anilines is 1. The Morgan fingerprint density at radius 2 is 1.95 bits per heavy atom. The van der Waals surface area contributed by atoms with Gasteiger partial charge in [0.05, 0.1) is 5.69 Å². The number of benzene rings is 1. The SMILES string of the molecule is CC(C)Nc1cc(-c2ccccc2)nc2nncn12. The Kier molecular flexibility index (Phi) is 2.87. The minimum Gasteiger partial charge on any atom is -0.369 e. The predicted octanol–water partition coefficient (Wildman–Crippen LogP) is 2.61. The van der Waals surface area contributed by atoms with Gasteiger partial charge in [-0.2, -0.15) is 0 Å². The van der Waals surface area contributed by atoms with Crippen LogP contribution in [-0.2, 0) is 0 Å². The van der Waals surface area contributed by atoms with Gasteiger partial charge < -0.3 is 5.32 Å². The van der Waals surface area contributed by atoms with E-state index in [1.54, 1.807) is 6.33 Å². The van der Waals surface area contributed by atoms with Crippen LogP contribution in [-0.4, -0.2) is 25.6 Å². The lowest BCUT2D eigenvalue weighted by atomic mass is 10.1. The van der Waals surface area contributed by atoms with Crippen LogP contribution in [0.3, 0.4) is 0 Å². The Hall–Kier alpha value is -2.43. The molecule has 0 saturated heterocycles. The zero-order valence-electron chi connectivity index (χ0n) is 10.9. The van der Waals surface area contributed by atoms with Crippen LogP contribution >= 0.6 is 0 Å². The van der Waals surface area contributed by atoms with Crippen LogP contribution in [0.2, 0.25) is 0 Å². The summed E-state index contributed by atoms with van der Waals surface area (Å²) in [6.07, 6.45) is 1.67. The van der Waals surface area contributed by atoms with Crippen molar-refractivity contribution in [1.82, 2.24) is 19.6 Å². The summed E-state index contributed by atoms with van der Waals surface area (Å²) in [5.41, 5.74) is 1.96. The fraction of sp³-hybridized carbons (Fsp3) is 0.214. The van der Waals surface area contributed by atoms with E-state index in [1.165, 1.54) is 0 Å². The largest absolute Gasteiger partial charge is 0.369 e. The molecule has 0 atom stereocenters. The van der Waals surface area contributed by atoms with Gasteiger partial charge in [0.25, 0.3) is 5.78 Å². The number of rotatable bonds is 3. The highest BCUT2D eigenvalue weighted by atomic mass is 15.3. The van der Waals surface area contributed by atoms with Crippen molar-refractivity contribution in [1.29, 1.82) is 0 Å². The van der Waals surface area contributed by atoms with Crippen LogP contribution in [0.15, 0.2) is 42.7 Å². The Morgan fingerprint density at radius 3 is 2.68 bits per heavy atom. The van der Waals surface area contributed by atoms with E-state index in [0.29, 0.717) is 11.8 Å². The summed E-state index contributed by atoms with van der Waals surface area (Å²) in [5.74, 6) is 1.55. The molecule has 2 heterocycles. The average Bonchev–Trinajstić information content (AvgIpc) is 2.87. The lowest BCUT2D eigenvalue weighted by molar-refractivity contribution is 0.879. The van der Waals surface area contributed by atoms with Crippen LogP contribution in [0.5, 0.6) is 0 Å². The highest BCUT2D eigenvalue weighted by molar-refractivity contribution is 5.65. The van der Waals surface area contributed by atoms with Crippen molar-refractivity contribution in [3.05, 3.63) is 42.7 Å². The summed E-state index contributed by atoms with van der Waals surface area (Å²) in [5, 5.41) is 11.3. The van der Waals surface area contributed by atoms with Crippen molar-refractivity contribution in [3.8, 4) is 11.3 Å². The molecular formula is C14H15N5. The lowest BCUT2D eigenvalue weighted by Gasteiger charge is -2.12. The maximum absolute atomic E-state index is 4.52. The Bertz CT molecular complexity index is 687. The first-order chi connectivity index (χ1) is 9.24. The van der Waals surface area contributed by atoms with Crippen molar-refractivity contribution < 1.29 is 0 Å². The first kappa shape index (κ1) is 11.6. The highest BCUT2D eigenvalue weighted by Gasteiger charge is 2.09. The molecule has 1 aromatic carbocycles. The smallest absolute Gasteiger partial charge is 0.256 e. The van der Waals surface area contributed by atoms with Gasteiger partial charge in [-0.1, -0.05) is 30.3 Å². The fourth-order valence-corrected chi connectivity index (χ4v) is 1.98. The van der Waals surface area contributed by atoms with Crippen LogP contribution in [0.4, 0.5) is 5.82 Å². The van der Waals surface area contributed by atoms with E-state index in [0.717, 1.165) is 17.1 Å². The number of hydrogen-bond acceptors (Lipinski definition) is 4. The summed E-state index contributed by atoms with van der Waals surface area (Å²) in [6.45, 7) is 4.19. The molecule has 0 aliphatic rings. The summed E-state index contributed by atoms with van der Waals surface area (Å²) in [6, 6.07) is 12.4. The average molecular weight is 253 g/mol. The molecule has 0 saturated carbocycles. The van der Waals surface area contributed by atoms with Crippen molar-refractivity contribution in [3.63, 3.8) is 0 Å². The Balaban J connectivity index is 2.16. The summed E-state index contributed by atoms with van der Waals surface area (Å²) in [7, 11) is 0. The zero-order chi connectivity index (χ0) is 13.2. The van der Waals surface area contributed by atoms with Crippen LogP contribution in [0.25, 0.3) is 17.0 Å². The first-order valence-corrected chi connectivity index (χ1v) is 6.27. The number of nitrogens with one attached hydrogen (secondary N) is 1. The molecule has 2 aromatic heterocycles. The molecule has 19 heavy (non-hydrogen) atoms. The minimum atomic E-state index is 0.330. The normalized spacial score (nSPS) is 11.1. The molecule has 1 N–H and O–H groups in total. The third-order valence-corrected chi connectivity index (χ3v) is 2.79.